The van der Waals surface area contributed by atoms with E-state index in [1.807, 2.05) is 24.3 Å². The molecule has 2 atom stereocenters. The van der Waals surface area contributed by atoms with Gasteiger partial charge in [0.15, 0.2) is 5.01 Å². The minimum atomic E-state index is -5.08. The molecule has 2 heterocycles. The number of aliphatic carboxylic acids is 1. The molecule has 8 nitrogen and oxygen atoms in total. The van der Waals surface area contributed by atoms with Crippen molar-refractivity contribution in [3.8, 4) is 0 Å². The number of carbonyl (C=O) groups is 3. The number of Topliss-reactive ketones (excluding diaryl/α,β-unsaturated/α-hetero) is 1. The van der Waals surface area contributed by atoms with Gasteiger partial charge in [-0.1, -0.05) is 12.1 Å². The number of fused-ring (bicyclic) bond motifs is 1. The highest BCUT2D eigenvalue weighted by atomic mass is 32.1. The second-order valence-electron chi connectivity index (χ2n) is 7.35. The van der Waals surface area contributed by atoms with Crippen LogP contribution in [0.2, 0.25) is 0 Å². The fourth-order valence-electron chi connectivity index (χ4n) is 3.10. The largest absolute Gasteiger partial charge is 0.490 e. The molecule has 12 heteroatoms. The van der Waals surface area contributed by atoms with Crippen LogP contribution in [0.3, 0.4) is 0 Å². The number of carboxylic acids is 1. The summed E-state index contributed by atoms with van der Waals surface area (Å²) < 4.78 is 38.3. The Morgan fingerprint density at radius 2 is 1.94 bits per heavy atom. The molecule has 1 amide bonds. The molecule has 0 aliphatic carbocycles. The van der Waals surface area contributed by atoms with Crippen molar-refractivity contribution in [2.75, 3.05) is 13.2 Å². The lowest BCUT2D eigenvalue weighted by Crippen LogP contribution is -2.47. The first-order valence-electron chi connectivity index (χ1n) is 10.5. The molecule has 1 aromatic heterocycles. The average molecular weight is 490 g/mol. The lowest BCUT2D eigenvalue weighted by molar-refractivity contribution is -0.192. The first-order chi connectivity index (χ1) is 15.6. The number of aromatic nitrogens is 1. The number of carboxylic acid groups (broad SMARTS) is 1. The Morgan fingerprint density at radius 1 is 1.24 bits per heavy atom. The van der Waals surface area contributed by atoms with Crippen LogP contribution in [0.15, 0.2) is 24.3 Å². The van der Waals surface area contributed by atoms with Crippen molar-refractivity contribution in [3.05, 3.63) is 29.3 Å². The van der Waals surface area contributed by atoms with Crippen LogP contribution in [0.1, 0.15) is 48.3 Å². The van der Waals surface area contributed by atoms with Gasteiger partial charge in [-0.3, -0.25) is 9.59 Å². The van der Waals surface area contributed by atoms with Crippen LogP contribution in [0.25, 0.3) is 10.2 Å². The standard InChI is InChI=1S/C19H25N3O3S.C2HF3O2/c20-11-5-3-8-14(21-18(24)15-9-4-6-12-25-15)17(23)19-22-13-7-1-2-10-16(13)26-19;3-2(4,5)1(6)7/h1-2,7,10,14-15H,3-6,8-9,11-12,20H2,(H,21,24);(H,6,7)/t14-,15?;/m0./s1. The number of unbranched alkanes of at least 4 members (excludes halogenated alkanes) is 1. The second-order valence-corrected chi connectivity index (χ2v) is 8.39. The Hall–Kier alpha value is -2.57. The molecule has 1 aromatic carbocycles. The predicted octanol–water partition coefficient (Wildman–Crippen LogP) is 3.30. The number of carbonyl (C=O) groups excluding carboxylic acids is 2. The number of nitrogens with two attached hydrogens (primary N) is 1. The van der Waals surface area contributed by atoms with Gasteiger partial charge in [0.2, 0.25) is 11.7 Å². The van der Waals surface area contributed by atoms with Crippen molar-refractivity contribution in [3.63, 3.8) is 0 Å². The van der Waals surface area contributed by atoms with Crippen molar-refractivity contribution in [2.24, 2.45) is 5.73 Å². The Kier molecular flexibility index (Phi) is 10.2. The van der Waals surface area contributed by atoms with Gasteiger partial charge < -0.3 is 20.9 Å². The van der Waals surface area contributed by atoms with E-state index >= 15 is 0 Å². The molecule has 3 rings (SSSR count). The van der Waals surface area contributed by atoms with Crippen molar-refractivity contribution in [1.29, 1.82) is 0 Å². The Morgan fingerprint density at radius 3 is 2.52 bits per heavy atom. The van der Waals surface area contributed by atoms with Crippen molar-refractivity contribution in [2.45, 2.75) is 56.8 Å². The summed E-state index contributed by atoms with van der Waals surface area (Å²) in [5.41, 5.74) is 6.38. The molecule has 2 aromatic rings. The molecular formula is C21H26F3N3O5S. The average Bonchev–Trinajstić information content (AvgIpc) is 3.22. The maximum atomic E-state index is 13.0. The van der Waals surface area contributed by atoms with Crippen LogP contribution in [0.5, 0.6) is 0 Å². The van der Waals surface area contributed by atoms with Crippen LogP contribution in [-0.4, -0.2) is 59.2 Å². The number of ether oxygens (including phenoxy) is 1. The number of hydrogen-bond acceptors (Lipinski definition) is 7. The number of rotatable bonds is 8. The van der Waals surface area contributed by atoms with E-state index in [1.54, 1.807) is 0 Å². The first kappa shape index (κ1) is 26.7. The number of hydrogen-bond donors (Lipinski definition) is 3. The SMILES string of the molecule is NCCCC[C@H](NC(=O)C1CCCCO1)C(=O)c1nc2ccccc2s1.O=C(O)C(F)(F)F. The molecule has 1 unspecified atom stereocenters. The highest BCUT2D eigenvalue weighted by Gasteiger charge is 2.38. The monoisotopic (exact) mass is 489 g/mol. The molecule has 0 spiro atoms. The van der Waals surface area contributed by atoms with E-state index in [2.05, 4.69) is 10.3 Å². The normalized spacial score (nSPS) is 17.0. The Bertz CT molecular complexity index is 912. The summed E-state index contributed by atoms with van der Waals surface area (Å²) in [6.45, 7) is 1.17. The topological polar surface area (TPSA) is 132 Å². The number of amides is 1. The number of nitrogens with one attached hydrogen (secondary N) is 1. The lowest BCUT2D eigenvalue weighted by atomic mass is 10.0. The van der Waals surface area contributed by atoms with Gasteiger partial charge in [0.05, 0.1) is 16.3 Å². The van der Waals surface area contributed by atoms with Crippen LogP contribution >= 0.6 is 11.3 Å². The fourth-order valence-corrected chi connectivity index (χ4v) is 4.06. The molecule has 1 fully saturated rings. The highest BCUT2D eigenvalue weighted by molar-refractivity contribution is 7.20. The van der Waals surface area contributed by atoms with Crippen molar-refractivity contribution >= 4 is 39.2 Å². The highest BCUT2D eigenvalue weighted by Crippen LogP contribution is 2.23. The van der Waals surface area contributed by atoms with Crippen molar-refractivity contribution < 1.29 is 37.4 Å². The van der Waals surface area contributed by atoms with E-state index in [-0.39, 0.29) is 11.7 Å². The van der Waals surface area contributed by atoms with Crippen LogP contribution in [-0.2, 0) is 14.3 Å². The number of nitrogens with zero attached hydrogens (tertiary/aromatic N) is 1. The summed E-state index contributed by atoms with van der Waals surface area (Å²) in [7, 11) is 0. The van der Waals surface area contributed by atoms with E-state index in [4.69, 9.17) is 20.4 Å². The summed E-state index contributed by atoms with van der Waals surface area (Å²) in [6, 6.07) is 7.08. The second kappa shape index (κ2) is 12.6. The number of halogens is 3. The minimum Gasteiger partial charge on any atom is -0.475 e. The molecule has 4 N–H and O–H groups in total. The number of ketones is 1. The van der Waals surface area contributed by atoms with Crippen LogP contribution in [0.4, 0.5) is 13.2 Å². The van der Waals surface area contributed by atoms with E-state index in [1.165, 1.54) is 11.3 Å². The number of para-hydroxylation sites is 1. The summed E-state index contributed by atoms with van der Waals surface area (Å²) in [4.78, 5) is 38.8. The van der Waals surface area contributed by atoms with Crippen molar-refractivity contribution in [1.82, 2.24) is 10.3 Å². The molecule has 33 heavy (non-hydrogen) atoms. The third-order valence-corrected chi connectivity index (χ3v) is 5.85. The Balaban J connectivity index is 0.000000479. The zero-order valence-corrected chi connectivity index (χ0v) is 18.6. The maximum absolute atomic E-state index is 13.0. The van der Waals surface area contributed by atoms with Gasteiger partial charge in [-0.25, -0.2) is 9.78 Å². The van der Waals surface area contributed by atoms with Gasteiger partial charge in [-0.15, -0.1) is 11.3 Å². The molecule has 1 aliphatic rings. The predicted molar refractivity (Wildman–Crippen MR) is 116 cm³/mol. The van der Waals surface area contributed by atoms with Crippen LogP contribution in [0, 0.1) is 0 Å². The van der Waals surface area contributed by atoms with E-state index < -0.39 is 24.3 Å². The van der Waals surface area contributed by atoms with E-state index in [0.29, 0.717) is 31.0 Å². The Labute approximate surface area is 192 Å². The lowest BCUT2D eigenvalue weighted by Gasteiger charge is -2.24. The van der Waals surface area contributed by atoms with Gasteiger partial charge in [0, 0.05) is 6.61 Å². The molecular weight excluding hydrogens is 463 g/mol. The summed E-state index contributed by atoms with van der Waals surface area (Å²) in [5, 5.41) is 10.5. The van der Waals surface area contributed by atoms with Gasteiger partial charge in [0.1, 0.15) is 6.10 Å². The summed E-state index contributed by atoms with van der Waals surface area (Å²) in [5.74, 6) is -3.09. The molecule has 1 aliphatic heterocycles. The number of benzene rings is 1. The summed E-state index contributed by atoms with van der Waals surface area (Å²) >= 11 is 1.37. The third-order valence-electron chi connectivity index (χ3n) is 4.80. The number of alkyl halides is 3. The zero-order valence-electron chi connectivity index (χ0n) is 17.8. The van der Waals surface area contributed by atoms with E-state index in [9.17, 15) is 22.8 Å². The zero-order chi connectivity index (χ0) is 24.4. The maximum Gasteiger partial charge on any atom is 0.490 e. The van der Waals surface area contributed by atoms with Gasteiger partial charge in [0.25, 0.3) is 0 Å². The fraction of sp³-hybridized carbons (Fsp3) is 0.524. The van der Waals surface area contributed by atoms with Gasteiger partial charge in [-0.2, -0.15) is 13.2 Å². The molecule has 182 valence electrons. The quantitative estimate of drug-likeness (QED) is 0.383. The van der Waals surface area contributed by atoms with Gasteiger partial charge >= 0.3 is 12.1 Å². The van der Waals surface area contributed by atoms with Crippen LogP contribution < -0.4 is 11.1 Å². The molecule has 0 radical (unpaired) electrons. The summed E-state index contributed by atoms with van der Waals surface area (Å²) in [6.07, 6.45) is -0.718. The van der Waals surface area contributed by atoms with E-state index in [0.717, 1.165) is 35.9 Å². The number of thiazole rings is 1. The smallest absolute Gasteiger partial charge is 0.475 e. The molecule has 0 bridgehead atoms. The molecule has 1 saturated heterocycles. The molecule has 0 saturated carbocycles. The third kappa shape index (κ3) is 8.37. The first-order valence-corrected chi connectivity index (χ1v) is 11.3. The minimum absolute atomic E-state index is 0.132. The van der Waals surface area contributed by atoms with Gasteiger partial charge in [-0.05, 0) is 57.2 Å².